The number of hydrogen-bond donors (Lipinski definition) is 0. The van der Waals surface area contributed by atoms with Crippen LogP contribution in [0.2, 0.25) is 0 Å². The van der Waals surface area contributed by atoms with Crippen molar-refractivity contribution >= 4 is 22.6 Å². The molecule has 0 aliphatic heterocycles. The minimum atomic E-state index is 0.609. The second-order valence-electron chi connectivity index (χ2n) is 3.37. The van der Waals surface area contributed by atoms with E-state index in [-0.39, 0.29) is 0 Å². The molecule has 1 rings (SSSR count). The normalized spacial score (nSPS) is 11.1. The van der Waals surface area contributed by atoms with E-state index in [0.717, 1.165) is 23.5 Å². The predicted molar refractivity (Wildman–Crippen MR) is 60.6 cm³/mol. The number of nitrogens with zero attached hydrogens (tertiary/aromatic N) is 2. The maximum absolute atomic E-state index is 5.44. The Morgan fingerprint density at radius 2 is 2.38 bits per heavy atom. The van der Waals surface area contributed by atoms with Crippen molar-refractivity contribution in [3.63, 3.8) is 0 Å². The SMILES string of the molecule is CC(C)COCCn1ccc(I)n1. The molecule has 0 atom stereocenters. The molecule has 13 heavy (non-hydrogen) atoms. The highest BCUT2D eigenvalue weighted by Crippen LogP contribution is 1.99. The molecule has 0 aliphatic rings. The molecule has 0 fully saturated rings. The lowest BCUT2D eigenvalue weighted by Crippen LogP contribution is -2.09. The second kappa shape index (κ2) is 5.59. The van der Waals surface area contributed by atoms with Crippen LogP contribution in [0, 0.1) is 9.62 Å². The van der Waals surface area contributed by atoms with E-state index in [1.54, 1.807) is 0 Å². The van der Waals surface area contributed by atoms with E-state index in [0.29, 0.717) is 5.92 Å². The molecule has 0 unspecified atom stereocenters. The first-order valence-corrected chi connectivity index (χ1v) is 5.53. The smallest absolute Gasteiger partial charge is 0.123 e. The van der Waals surface area contributed by atoms with Crippen molar-refractivity contribution in [1.82, 2.24) is 9.78 Å². The van der Waals surface area contributed by atoms with Crippen LogP contribution in [-0.2, 0) is 11.3 Å². The Labute approximate surface area is 92.6 Å². The largest absolute Gasteiger partial charge is 0.379 e. The summed E-state index contributed by atoms with van der Waals surface area (Å²) >= 11 is 2.20. The van der Waals surface area contributed by atoms with E-state index in [4.69, 9.17) is 4.74 Å². The van der Waals surface area contributed by atoms with Gasteiger partial charge >= 0.3 is 0 Å². The summed E-state index contributed by atoms with van der Waals surface area (Å²) in [5.74, 6) is 0.609. The van der Waals surface area contributed by atoms with Crippen molar-refractivity contribution in [2.24, 2.45) is 5.92 Å². The Balaban J connectivity index is 2.13. The fourth-order valence-electron chi connectivity index (χ4n) is 0.939. The fourth-order valence-corrected chi connectivity index (χ4v) is 1.38. The highest BCUT2D eigenvalue weighted by molar-refractivity contribution is 14.1. The summed E-state index contributed by atoms with van der Waals surface area (Å²) in [5, 5.41) is 4.25. The molecule has 1 aromatic heterocycles. The topological polar surface area (TPSA) is 27.1 Å². The van der Waals surface area contributed by atoms with Crippen molar-refractivity contribution < 1.29 is 4.74 Å². The van der Waals surface area contributed by atoms with E-state index in [9.17, 15) is 0 Å². The van der Waals surface area contributed by atoms with Crippen LogP contribution in [0.25, 0.3) is 0 Å². The molecule has 0 aliphatic carbocycles. The predicted octanol–water partition coefficient (Wildman–Crippen LogP) is 2.16. The first-order valence-electron chi connectivity index (χ1n) is 4.45. The standard InChI is InChI=1S/C9H15IN2O/c1-8(2)7-13-6-5-12-4-3-9(10)11-12/h3-4,8H,5-7H2,1-2H3. The number of rotatable bonds is 5. The van der Waals surface area contributed by atoms with Gasteiger partial charge in [0.15, 0.2) is 0 Å². The summed E-state index contributed by atoms with van der Waals surface area (Å²) in [5.41, 5.74) is 0. The molecule has 3 nitrogen and oxygen atoms in total. The van der Waals surface area contributed by atoms with Crippen LogP contribution in [0.4, 0.5) is 0 Å². The minimum Gasteiger partial charge on any atom is -0.379 e. The van der Waals surface area contributed by atoms with Gasteiger partial charge in [-0.3, -0.25) is 4.68 Å². The van der Waals surface area contributed by atoms with Crippen LogP contribution in [0.15, 0.2) is 12.3 Å². The summed E-state index contributed by atoms with van der Waals surface area (Å²) in [4.78, 5) is 0. The quantitative estimate of drug-likeness (QED) is 0.614. The lowest BCUT2D eigenvalue weighted by atomic mass is 10.2. The molecular weight excluding hydrogens is 279 g/mol. The maximum atomic E-state index is 5.44. The Morgan fingerprint density at radius 1 is 1.62 bits per heavy atom. The third kappa shape index (κ3) is 4.61. The lowest BCUT2D eigenvalue weighted by Gasteiger charge is -2.06. The van der Waals surface area contributed by atoms with Crippen LogP contribution in [0.5, 0.6) is 0 Å². The van der Waals surface area contributed by atoms with Crippen LogP contribution in [-0.4, -0.2) is 23.0 Å². The van der Waals surface area contributed by atoms with Gasteiger partial charge in [-0.1, -0.05) is 13.8 Å². The molecule has 0 aromatic carbocycles. The van der Waals surface area contributed by atoms with Crippen molar-refractivity contribution in [2.75, 3.05) is 13.2 Å². The van der Waals surface area contributed by atoms with Crippen molar-refractivity contribution in [3.8, 4) is 0 Å². The molecule has 0 amide bonds. The molecule has 1 heterocycles. The van der Waals surface area contributed by atoms with Crippen LogP contribution in [0.3, 0.4) is 0 Å². The van der Waals surface area contributed by atoms with Gasteiger partial charge in [-0.15, -0.1) is 0 Å². The van der Waals surface area contributed by atoms with Gasteiger partial charge in [0.25, 0.3) is 0 Å². The lowest BCUT2D eigenvalue weighted by molar-refractivity contribution is 0.101. The summed E-state index contributed by atoms with van der Waals surface area (Å²) in [6.07, 6.45) is 1.97. The average Bonchev–Trinajstić information content (AvgIpc) is 2.45. The number of hydrogen-bond acceptors (Lipinski definition) is 2. The Morgan fingerprint density at radius 3 is 2.92 bits per heavy atom. The van der Waals surface area contributed by atoms with Gasteiger partial charge in [-0.05, 0) is 34.6 Å². The zero-order chi connectivity index (χ0) is 9.68. The zero-order valence-electron chi connectivity index (χ0n) is 8.03. The zero-order valence-corrected chi connectivity index (χ0v) is 10.2. The Kier molecular flexibility index (Phi) is 4.72. The summed E-state index contributed by atoms with van der Waals surface area (Å²) in [6, 6.07) is 1.99. The molecular formula is C9H15IN2O. The fraction of sp³-hybridized carbons (Fsp3) is 0.667. The van der Waals surface area contributed by atoms with E-state index in [1.165, 1.54) is 0 Å². The van der Waals surface area contributed by atoms with Crippen LogP contribution < -0.4 is 0 Å². The maximum Gasteiger partial charge on any atom is 0.123 e. The van der Waals surface area contributed by atoms with Gasteiger partial charge in [0, 0.05) is 12.8 Å². The average molecular weight is 294 g/mol. The van der Waals surface area contributed by atoms with Crippen LogP contribution in [0.1, 0.15) is 13.8 Å². The monoisotopic (exact) mass is 294 g/mol. The highest BCUT2D eigenvalue weighted by Gasteiger charge is 1.96. The van der Waals surface area contributed by atoms with Gasteiger partial charge in [-0.2, -0.15) is 5.10 Å². The Hall–Kier alpha value is -0.100. The molecule has 0 radical (unpaired) electrons. The second-order valence-corrected chi connectivity index (χ2v) is 4.48. The third-order valence-electron chi connectivity index (χ3n) is 1.52. The highest BCUT2D eigenvalue weighted by atomic mass is 127. The third-order valence-corrected chi connectivity index (χ3v) is 2.10. The molecule has 1 aromatic rings. The summed E-state index contributed by atoms with van der Waals surface area (Å²) in [6.45, 7) is 6.72. The molecule has 0 spiro atoms. The first-order chi connectivity index (χ1) is 6.18. The Bertz CT molecular complexity index is 248. The van der Waals surface area contributed by atoms with Gasteiger partial charge in [0.1, 0.15) is 3.70 Å². The molecule has 74 valence electrons. The van der Waals surface area contributed by atoms with Gasteiger partial charge in [0.05, 0.1) is 13.2 Å². The summed E-state index contributed by atoms with van der Waals surface area (Å²) in [7, 11) is 0. The van der Waals surface area contributed by atoms with Crippen molar-refractivity contribution in [2.45, 2.75) is 20.4 Å². The van der Waals surface area contributed by atoms with Gasteiger partial charge < -0.3 is 4.74 Å². The van der Waals surface area contributed by atoms with Crippen molar-refractivity contribution in [3.05, 3.63) is 16.0 Å². The number of ether oxygens (including phenoxy) is 1. The molecule has 0 saturated heterocycles. The molecule has 0 N–H and O–H groups in total. The van der Waals surface area contributed by atoms with E-state index in [1.807, 2.05) is 16.9 Å². The van der Waals surface area contributed by atoms with Gasteiger partial charge in [-0.25, -0.2) is 0 Å². The molecule has 0 bridgehead atoms. The van der Waals surface area contributed by atoms with Crippen molar-refractivity contribution in [1.29, 1.82) is 0 Å². The van der Waals surface area contributed by atoms with E-state index in [2.05, 4.69) is 41.5 Å². The number of aromatic nitrogens is 2. The van der Waals surface area contributed by atoms with E-state index >= 15 is 0 Å². The minimum absolute atomic E-state index is 0.609. The summed E-state index contributed by atoms with van der Waals surface area (Å²) < 4.78 is 8.38. The van der Waals surface area contributed by atoms with Gasteiger partial charge in [0.2, 0.25) is 0 Å². The van der Waals surface area contributed by atoms with E-state index < -0.39 is 0 Å². The molecule has 4 heteroatoms. The number of halogens is 1. The first kappa shape index (κ1) is 11.0. The molecule has 0 saturated carbocycles. The van der Waals surface area contributed by atoms with Crippen LogP contribution >= 0.6 is 22.6 Å².